The molecule has 2 aromatic rings. The molecule has 2 aromatic carbocycles. The number of benzene rings is 2. The lowest BCUT2D eigenvalue weighted by molar-refractivity contribution is 0.414. The predicted molar refractivity (Wildman–Crippen MR) is 101 cm³/mol. The van der Waals surface area contributed by atoms with E-state index in [0.29, 0.717) is 5.84 Å². The second-order valence-electron chi connectivity index (χ2n) is 6.19. The van der Waals surface area contributed by atoms with Crippen LogP contribution in [-0.4, -0.2) is 38.5 Å². The number of anilines is 2. The molecule has 0 fully saturated rings. The molecule has 0 radical (unpaired) electrons. The Labute approximate surface area is 147 Å². The molecular formula is C19H23N3OS. The number of nitrogens with zero attached hydrogens (tertiary/aromatic N) is 2. The van der Waals surface area contributed by atoms with Gasteiger partial charge in [0, 0.05) is 42.4 Å². The SMILES string of the molecule is COc1ccc2c(c1)N(CC(C)C(=N)N(C)C)c1ccccc1S2. The summed E-state index contributed by atoms with van der Waals surface area (Å²) in [7, 11) is 5.55. The van der Waals surface area contributed by atoms with Crippen molar-refractivity contribution in [1.82, 2.24) is 4.90 Å². The van der Waals surface area contributed by atoms with Crippen LogP contribution in [0, 0.1) is 11.3 Å². The molecule has 0 saturated carbocycles. The zero-order valence-electron chi connectivity index (χ0n) is 14.5. The monoisotopic (exact) mass is 341 g/mol. The van der Waals surface area contributed by atoms with E-state index in [9.17, 15) is 0 Å². The number of hydrogen-bond acceptors (Lipinski definition) is 4. The van der Waals surface area contributed by atoms with Gasteiger partial charge in [-0.25, -0.2) is 0 Å². The van der Waals surface area contributed by atoms with Crippen LogP contribution >= 0.6 is 11.8 Å². The highest BCUT2D eigenvalue weighted by Crippen LogP contribution is 2.49. The number of hydrogen-bond donors (Lipinski definition) is 1. The Morgan fingerprint density at radius 2 is 1.88 bits per heavy atom. The molecule has 0 saturated heterocycles. The molecule has 4 nitrogen and oxygen atoms in total. The maximum Gasteiger partial charge on any atom is 0.121 e. The number of nitrogens with one attached hydrogen (secondary N) is 1. The van der Waals surface area contributed by atoms with Crippen LogP contribution in [0.5, 0.6) is 5.75 Å². The van der Waals surface area contributed by atoms with Crippen LogP contribution in [0.15, 0.2) is 52.3 Å². The molecule has 0 aromatic heterocycles. The van der Waals surface area contributed by atoms with Crippen molar-refractivity contribution in [2.45, 2.75) is 16.7 Å². The third kappa shape index (κ3) is 3.08. The summed E-state index contributed by atoms with van der Waals surface area (Å²) in [6.45, 7) is 2.86. The largest absolute Gasteiger partial charge is 0.497 e. The van der Waals surface area contributed by atoms with E-state index in [4.69, 9.17) is 10.1 Å². The maximum absolute atomic E-state index is 8.28. The molecule has 1 aliphatic rings. The minimum Gasteiger partial charge on any atom is -0.497 e. The van der Waals surface area contributed by atoms with E-state index in [2.05, 4.69) is 48.2 Å². The lowest BCUT2D eigenvalue weighted by Crippen LogP contribution is -2.35. The zero-order chi connectivity index (χ0) is 17.3. The van der Waals surface area contributed by atoms with Crippen LogP contribution in [0.2, 0.25) is 0 Å². The Morgan fingerprint density at radius 3 is 2.58 bits per heavy atom. The second-order valence-corrected chi connectivity index (χ2v) is 7.28. The maximum atomic E-state index is 8.28. The zero-order valence-corrected chi connectivity index (χ0v) is 15.4. The lowest BCUT2D eigenvalue weighted by atomic mass is 10.1. The third-order valence-corrected chi connectivity index (χ3v) is 5.37. The Morgan fingerprint density at radius 1 is 1.17 bits per heavy atom. The van der Waals surface area contributed by atoms with Crippen molar-refractivity contribution in [3.63, 3.8) is 0 Å². The van der Waals surface area contributed by atoms with Crippen LogP contribution in [-0.2, 0) is 0 Å². The fourth-order valence-electron chi connectivity index (χ4n) is 2.93. The van der Waals surface area contributed by atoms with Crippen LogP contribution in [0.25, 0.3) is 0 Å². The molecule has 1 atom stereocenters. The van der Waals surface area contributed by atoms with Crippen molar-refractivity contribution in [3.05, 3.63) is 42.5 Å². The molecule has 0 spiro atoms. The smallest absolute Gasteiger partial charge is 0.121 e. The van der Waals surface area contributed by atoms with Crippen LogP contribution < -0.4 is 9.64 Å². The first-order chi connectivity index (χ1) is 11.5. The molecule has 3 rings (SSSR count). The van der Waals surface area contributed by atoms with Crippen molar-refractivity contribution < 1.29 is 4.74 Å². The quantitative estimate of drug-likeness (QED) is 0.658. The Hall–Kier alpha value is -2.14. The summed E-state index contributed by atoms with van der Waals surface area (Å²) in [5.41, 5.74) is 2.35. The van der Waals surface area contributed by atoms with Gasteiger partial charge in [0.2, 0.25) is 0 Å². The van der Waals surface area contributed by atoms with E-state index in [0.717, 1.165) is 18.0 Å². The molecule has 126 valence electrons. The topological polar surface area (TPSA) is 39.6 Å². The molecule has 1 unspecified atom stereocenters. The van der Waals surface area contributed by atoms with Gasteiger partial charge in [-0.3, -0.25) is 5.41 Å². The summed E-state index contributed by atoms with van der Waals surface area (Å²) in [6.07, 6.45) is 0. The summed E-state index contributed by atoms with van der Waals surface area (Å²) in [6, 6.07) is 14.7. The third-order valence-electron chi connectivity index (χ3n) is 4.24. The van der Waals surface area contributed by atoms with Crippen molar-refractivity contribution in [3.8, 4) is 5.75 Å². The molecular weight excluding hydrogens is 318 g/mol. The van der Waals surface area contributed by atoms with Gasteiger partial charge in [-0.05, 0) is 24.3 Å². The molecule has 24 heavy (non-hydrogen) atoms. The highest BCUT2D eigenvalue weighted by molar-refractivity contribution is 7.99. The number of ether oxygens (including phenoxy) is 1. The standard InChI is InChI=1S/C19H23N3OS/c1-13(19(20)21(2)3)12-22-15-7-5-6-8-17(15)24-18-10-9-14(23-4)11-16(18)22/h5-11,13,20H,12H2,1-4H3. The van der Waals surface area contributed by atoms with Gasteiger partial charge in [-0.2, -0.15) is 0 Å². The lowest BCUT2D eigenvalue weighted by Gasteiger charge is -2.35. The normalized spacial score (nSPS) is 13.8. The summed E-state index contributed by atoms with van der Waals surface area (Å²) in [4.78, 5) is 6.66. The Kier molecular flexibility index (Phi) is 4.71. The van der Waals surface area contributed by atoms with Gasteiger partial charge >= 0.3 is 0 Å². The summed E-state index contributed by atoms with van der Waals surface area (Å²) < 4.78 is 5.42. The highest BCUT2D eigenvalue weighted by Gasteiger charge is 2.26. The minimum absolute atomic E-state index is 0.121. The first-order valence-electron chi connectivity index (χ1n) is 7.99. The number of fused-ring (bicyclic) bond motifs is 2. The predicted octanol–water partition coefficient (Wildman–Crippen LogP) is 4.47. The van der Waals surface area contributed by atoms with Crippen molar-refractivity contribution in [2.24, 2.45) is 5.92 Å². The van der Waals surface area contributed by atoms with Gasteiger partial charge in [0.25, 0.3) is 0 Å². The van der Waals surface area contributed by atoms with Crippen LogP contribution in [0.3, 0.4) is 0 Å². The molecule has 0 aliphatic carbocycles. The number of rotatable bonds is 4. The summed E-state index contributed by atoms with van der Waals surface area (Å²) in [5.74, 6) is 1.61. The van der Waals surface area contributed by atoms with E-state index >= 15 is 0 Å². The average molecular weight is 341 g/mol. The van der Waals surface area contributed by atoms with Gasteiger partial charge < -0.3 is 14.5 Å². The van der Waals surface area contributed by atoms with E-state index in [1.807, 2.05) is 25.1 Å². The first kappa shape index (κ1) is 16.7. The van der Waals surface area contributed by atoms with Gasteiger partial charge in [-0.15, -0.1) is 0 Å². The van der Waals surface area contributed by atoms with Gasteiger partial charge in [0.15, 0.2) is 0 Å². The summed E-state index contributed by atoms with van der Waals surface area (Å²) >= 11 is 1.79. The van der Waals surface area contributed by atoms with E-state index < -0.39 is 0 Å². The minimum atomic E-state index is 0.121. The fourth-order valence-corrected chi connectivity index (χ4v) is 4.01. The van der Waals surface area contributed by atoms with Crippen molar-refractivity contribution in [1.29, 1.82) is 5.41 Å². The molecule has 1 aliphatic heterocycles. The van der Waals surface area contributed by atoms with E-state index in [1.54, 1.807) is 18.9 Å². The van der Waals surface area contributed by atoms with Crippen LogP contribution in [0.1, 0.15) is 6.92 Å². The molecule has 0 amide bonds. The summed E-state index contributed by atoms with van der Waals surface area (Å²) in [5, 5.41) is 8.28. The van der Waals surface area contributed by atoms with Gasteiger partial charge in [-0.1, -0.05) is 30.8 Å². The Bertz CT molecular complexity index is 760. The molecule has 5 heteroatoms. The number of methoxy groups -OCH3 is 1. The highest BCUT2D eigenvalue weighted by atomic mass is 32.2. The second kappa shape index (κ2) is 6.77. The van der Waals surface area contributed by atoms with E-state index in [1.165, 1.54) is 15.5 Å². The Balaban J connectivity index is 2.02. The molecule has 1 heterocycles. The number of para-hydroxylation sites is 1. The van der Waals surface area contributed by atoms with Crippen molar-refractivity contribution in [2.75, 3.05) is 32.6 Å². The van der Waals surface area contributed by atoms with Crippen LogP contribution in [0.4, 0.5) is 11.4 Å². The van der Waals surface area contributed by atoms with Crippen molar-refractivity contribution >= 4 is 29.0 Å². The first-order valence-corrected chi connectivity index (χ1v) is 8.81. The van der Waals surface area contributed by atoms with Gasteiger partial charge in [0.05, 0.1) is 24.3 Å². The van der Waals surface area contributed by atoms with E-state index in [-0.39, 0.29) is 5.92 Å². The average Bonchev–Trinajstić information content (AvgIpc) is 2.60. The molecule has 0 bridgehead atoms. The molecule has 1 N–H and O–H groups in total. The number of amidine groups is 1. The van der Waals surface area contributed by atoms with Gasteiger partial charge in [0.1, 0.15) is 5.75 Å². The fraction of sp³-hybridized carbons (Fsp3) is 0.316.